The second kappa shape index (κ2) is 7.02. The minimum Gasteiger partial charge on any atom is -0.383 e. The third-order valence-corrected chi connectivity index (χ3v) is 4.86. The van der Waals surface area contributed by atoms with Gasteiger partial charge in [-0.1, -0.05) is 13.8 Å². The Hall–Kier alpha value is -0.160. The first-order valence-corrected chi connectivity index (χ1v) is 7.84. The van der Waals surface area contributed by atoms with Crippen LogP contribution in [0.1, 0.15) is 33.1 Å². The van der Waals surface area contributed by atoms with Gasteiger partial charge in [0, 0.05) is 38.3 Å². The summed E-state index contributed by atoms with van der Waals surface area (Å²) < 4.78 is 5.40. The summed E-state index contributed by atoms with van der Waals surface area (Å²) in [5.74, 6) is 0.661. The molecule has 2 fully saturated rings. The molecular weight excluding hydrogens is 238 g/mol. The van der Waals surface area contributed by atoms with Crippen molar-refractivity contribution in [1.82, 2.24) is 9.80 Å². The first kappa shape index (κ1) is 15.2. The van der Waals surface area contributed by atoms with Crippen LogP contribution < -0.4 is 5.73 Å². The lowest BCUT2D eigenvalue weighted by atomic mass is 10.0. The SMILES string of the molecule is COCC(C(C)C)N1CCC(N2CCC(N)CC2)C1. The van der Waals surface area contributed by atoms with Gasteiger partial charge in [0.15, 0.2) is 0 Å². The lowest BCUT2D eigenvalue weighted by molar-refractivity contribution is 0.0704. The smallest absolute Gasteiger partial charge is 0.0620 e. The van der Waals surface area contributed by atoms with Gasteiger partial charge < -0.3 is 10.5 Å². The second-order valence-electron chi connectivity index (χ2n) is 6.58. The highest BCUT2D eigenvalue weighted by molar-refractivity contribution is 4.90. The van der Waals surface area contributed by atoms with Crippen LogP contribution in [0.15, 0.2) is 0 Å². The highest BCUT2D eigenvalue weighted by Gasteiger charge is 2.33. The second-order valence-corrected chi connectivity index (χ2v) is 6.58. The zero-order chi connectivity index (χ0) is 13.8. The summed E-state index contributed by atoms with van der Waals surface area (Å²) in [6, 6.07) is 1.75. The van der Waals surface area contributed by atoms with E-state index in [1.807, 2.05) is 7.11 Å². The van der Waals surface area contributed by atoms with Crippen molar-refractivity contribution in [2.24, 2.45) is 11.7 Å². The minimum atomic E-state index is 0.436. The van der Waals surface area contributed by atoms with Crippen LogP contribution in [0.5, 0.6) is 0 Å². The van der Waals surface area contributed by atoms with Crippen molar-refractivity contribution in [2.45, 2.75) is 51.2 Å². The van der Waals surface area contributed by atoms with Gasteiger partial charge in [-0.05, 0) is 38.3 Å². The normalized spacial score (nSPS) is 29.2. The predicted octanol–water partition coefficient (Wildman–Crippen LogP) is 1.15. The fourth-order valence-electron chi connectivity index (χ4n) is 3.54. The maximum absolute atomic E-state index is 6.00. The predicted molar refractivity (Wildman–Crippen MR) is 79.3 cm³/mol. The highest BCUT2D eigenvalue weighted by Crippen LogP contribution is 2.23. The average molecular weight is 269 g/mol. The van der Waals surface area contributed by atoms with E-state index in [1.165, 1.54) is 45.4 Å². The van der Waals surface area contributed by atoms with Crippen molar-refractivity contribution in [3.63, 3.8) is 0 Å². The Morgan fingerprint density at radius 2 is 1.84 bits per heavy atom. The Morgan fingerprint density at radius 3 is 2.42 bits per heavy atom. The molecule has 0 aromatic heterocycles. The number of nitrogens with zero attached hydrogens (tertiary/aromatic N) is 2. The maximum Gasteiger partial charge on any atom is 0.0620 e. The van der Waals surface area contributed by atoms with Crippen LogP contribution in [0.3, 0.4) is 0 Å². The van der Waals surface area contributed by atoms with Crippen molar-refractivity contribution in [1.29, 1.82) is 0 Å². The first-order valence-electron chi connectivity index (χ1n) is 7.84. The fraction of sp³-hybridized carbons (Fsp3) is 1.00. The van der Waals surface area contributed by atoms with Crippen LogP contribution in [-0.4, -0.2) is 67.8 Å². The largest absolute Gasteiger partial charge is 0.383 e. The molecule has 0 aliphatic carbocycles. The summed E-state index contributed by atoms with van der Waals surface area (Å²) in [5.41, 5.74) is 6.00. The number of nitrogens with two attached hydrogens (primary N) is 1. The summed E-state index contributed by atoms with van der Waals surface area (Å²) >= 11 is 0. The van der Waals surface area contributed by atoms with Crippen molar-refractivity contribution in [2.75, 3.05) is 39.9 Å². The summed E-state index contributed by atoms with van der Waals surface area (Å²) in [6.45, 7) is 10.3. The maximum atomic E-state index is 6.00. The molecule has 0 amide bonds. The quantitative estimate of drug-likeness (QED) is 0.813. The first-order chi connectivity index (χ1) is 9.11. The minimum absolute atomic E-state index is 0.436. The average Bonchev–Trinajstić information content (AvgIpc) is 2.85. The molecule has 2 aliphatic heterocycles. The number of likely N-dealkylation sites (tertiary alicyclic amines) is 2. The molecule has 2 saturated heterocycles. The molecule has 0 saturated carbocycles. The van der Waals surface area contributed by atoms with Gasteiger partial charge in [-0.15, -0.1) is 0 Å². The topological polar surface area (TPSA) is 41.7 Å². The van der Waals surface area contributed by atoms with Gasteiger partial charge in [-0.25, -0.2) is 0 Å². The molecule has 2 aliphatic rings. The van der Waals surface area contributed by atoms with Gasteiger partial charge in [0.25, 0.3) is 0 Å². The summed E-state index contributed by atoms with van der Waals surface area (Å²) in [6.07, 6.45) is 3.65. The van der Waals surface area contributed by atoms with Crippen molar-refractivity contribution in [3.05, 3.63) is 0 Å². The molecule has 0 bridgehead atoms. The summed E-state index contributed by atoms with van der Waals surface area (Å²) in [5, 5.41) is 0. The van der Waals surface area contributed by atoms with Gasteiger partial charge in [-0.2, -0.15) is 0 Å². The van der Waals surface area contributed by atoms with Crippen LogP contribution in [0.25, 0.3) is 0 Å². The summed E-state index contributed by atoms with van der Waals surface area (Å²) in [4.78, 5) is 5.29. The molecule has 0 spiro atoms. The van der Waals surface area contributed by atoms with Gasteiger partial charge in [0.2, 0.25) is 0 Å². The number of methoxy groups -OCH3 is 1. The Morgan fingerprint density at radius 1 is 1.16 bits per heavy atom. The molecule has 2 N–H and O–H groups in total. The molecule has 4 nitrogen and oxygen atoms in total. The number of hydrogen-bond donors (Lipinski definition) is 1. The molecule has 0 aromatic rings. The van der Waals surface area contributed by atoms with Crippen LogP contribution in [0, 0.1) is 5.92 Å². The van der Waals surface area contributed by atoms with E-state index in [-0.39, 0.29) is 0 Å². The Labute approximate surface area is 118 Å². The highest BCUT2D eigenvalue weighted by atomic mass is 16.5. The van der Waals surface area contributed by atoms with Gasteiger partial charge in [0.05, 0.1) is 6.61 Å². The van der Waals surface area contributed by atoms with E-state index in [2.05, 4.69) is 23.6 Å². The molecular formula is C15H31N3O. The van der Waals surface area contributed by atoms with E-state index < -0.39 is 0 Å². The number of ether oxygens (including phenoxy) is 1. The molecule has 19 heavy (non-hydrogen) atoms. The molecule has 2 unspecified atom stereocenters. The Balaban J connectivity index is 1.84. The van der Waals surface area contributed by atoms with Crippen molar-refractivity contribution in [3.8, 4) is 0 Å². The lowest BCUT2D eigenvalue weighted by Crippen LogP contribution is -2.47. The number of piperidine rings is 1. The van der Waals surface area contributed by atoms with Gasteiger partial charge in [-0.3, -0.25) is 9.80 Å². The zero-order valence-electron chi connectivity index (χ0n) is 12.8. The Bertz CT molecular complexity index is 264. The van der Waals surface area contributed by atoms with Crippen LogP contribution >= 0.6 is 0 Å². The van der Waals surface area contributed by atoms with E-state index in [4.69, 9.17) is 10.5 Å². The third-order valence-electron chi connectivity index (χ3n) is 4.86. The van der Waals surface area contributed by atoms with Crippen molar-refractivity contribution >= 4 is 0 Å². The third kappa shape index (κ3) is 3.91. The molecule has 0 aromatic carbocycles. The molecule has 2 atom stereocenters. The van der Waals surface area contributed by atoms with E-state index in [0.29, 0.717) is 18.0 Å². The van der Waals surface area contributed by atoms with E-state index in [0.717, 1.165) is 12.6 Å². The molecule has 112 valence electrons. The van der Waals surface area contributed by atoms with E-state index in [9.17, 15) is 0 Å². The van der Waals surface area contributed by atoms with Gasteiger partial charge >= 0.3 is 0 Å². The monoisotopic (exact) mass is 269 g/mol. The summed E-state index contributed by atoms with van der Waals surface area (Å²) in [7, 11) is 1.81. The number of rotatable bonds is 5. The number of hydrogen-bond acceptors (Lipinski definition) is 4. The van der Waals surface area contributed by atoms with E-state index in [1.54, 1.807) is 0 Å². The van der Waals surface area contributed by atoms with Crippen LogP contribution in [0.2, 0.25) is 0 Å². The molecule has 2 heterocycles. The van der Waals surface area contributed by atoms with Gasteiger partial charge in [0.1, 0.15) is 0 Å². The Kier molecular flexibility index (Phi) is 5.63. The standard InChI is InChI=1S/C15H31N3O/c1-12(2)15(11-19-3)18-9-6-14(10-18)17-7-4-13(16)5-8-17/h12-15H,4-11,16H2,1-3H3. The lowest BCUT2D eigenvalue weighted by Gasteiger charge is -2.36. The van der Waals surface area contributed by atoms with Crippen molar-refractivity contribution < 1.29 is 4.74 Å². The van der Waals surface area contributed by atoms with E-state index >= 15 is 0 Å². The molecule has 4 heteroatoms. The molecule has 2 rings (SSSR count). The fourth-order valence-corrected chi connectivity index (χ4v) is 3.54. The molecule has 0 radical (unpaired) electrons. The van der Waals surface area contributed by atoms with Crippen LogP contribution in [-0.2, 0) is 4.74 Å². The van der Waals surface area contributed by atoms with Crippen LogP contribution in [0.4, 0.5) is 0 Å². The zero-order valence-corrected chi connectivity index (χ0v) is 12.8.